The number of rotatable bonds is 2. The Balaban J connectivity index is 1.55. The quantitative estimate of drug-likeness (QED) is 0.427. The van der Waals surface area contributed by atoms with Gasteiger partial charge in [-0.05, 0) is 55.8 Å². The second-order valence-corrected chi connectivity index (χ2v) is 7.81. The zero-order chi connectivity index (χ0) is 19.5. The van der Waals surface area contributed by atoms with Gasteiger partial charge in [0.15, 0.2) is 0 Å². The van der Waals surface area contributed by atoms with Gasteiger partial charge in [0.05, 0.1) is 22.4 Å². The maximum atomic E-state index is 4.82. The highest BCUT2D eigenvalue weighted by Gasteiger charge is 2.35. The van der Waals surface area contributed by atoms with Gasteiger partial charge in [-0.25, -0.2) is 4.98 Å². The van der Waals surface area contributed by atoms with Crippen LogP contribution < -0.4 is 9.80 Å². The molecule has 4 aromatic rings. The van der Waals surface area contributed by atoms with Crippen molar-refractivity contribution in [2.45, 2.75) is 26.4 Å². The number of aryl methyl sites for hydroxylation is 1. The van der Waals surface area contributed by atoms with E-state index in [1.807, 2.05) is 0 Å². The molecule has 0 aliphatic carbocycles. The van der Waals surface area contributed by atoms with E-state index in [1.54, 1.807) is 0 Å². The summed E-state index contributed by atoms with van der Waals surface area (Å²) in [7, 11) is 0. The number of fused-ring (bicyclic) bond motifs is 4. The maximum absolute atomic E-state index is 4.82. The zero-order valence-corrected chi connectivity index (χ0v) is 16.6. The Morgan fingerprint density at radius 1 is 0.862 bits per heavy atom. The van der Waals surface area contributed by atoms with Gasteiger partial charge in [0.2, 0.25) is 0 Å². The van der Waals surface area contributed by atoms with Crippen molar-refractivity contribution >= 4 is 40.0 Å². The van der Waals surface area contributed by atoms with Crippen molar-refractivity contribution in [3.05, 3.63) is 84.2 Å². The SMILES string of the molecule is Cc1cc2nc3n(c2cc1N1c2ccccc2N(c2ccccc2)[C@@H]1C)C=CC3. The molecule has 3 aromatic carbocycles. The van der Waals surface area contributed by atoms with Crippen LogP contribution in [-0.2, 0) is 6.42 Å². The molecule has 0 saturated heterocycles. The van der Waals surface area contributed by atoms with Crippen LogP contribution in [0.2, 0.25) is 0 Å². The van der Waals surface area contributed by atoms with Gasteiger partial charge >= 0.3 is 0 Å². The van der Waals surface area contributed by atoms with Crippen LogP contribution in [0.5, 0.6) is 0 Å². The van der Waals surface area contributed by atoms with Crippen molar-refractivity contribution in [1.82, 2.24) is 9.55 Å². The van der Waals surface area contributed by atoms with Crippen molar-refractivity contribution in [2.75, 3.05) is 9.80 Å². The predicted octanol–water partition coefficient (Wildman–Crippen LogP) is 6.01. The number of anilines is 4. The highest BCUT2D eigenvalue weighted by atomic mass is 15.4. The lowest BCUT2D eigenvalue weighted by Gasteiger charge is -2.31. The van der Waals surface area contributed by atoms with Gasteiger partial charge in [-0.3, -0.25) is 0 Å². The predicted molar refractivity (Wildman–Crippen MR) is 120 cm³/mol. The van der Waals surface area contributed by atoms with Gasteiger partial charge in [0.25, 0.3) is 0 Å². The summed E-state index contributed by atoms with van der Waals surface area (Å²) in [5, 5.41) is 0. The van der Waals surface area contributed by atoms with E-state index >= 15 is 0 Å². The Hall–Kier alpha value is -3.53. The first-order valence-electron chi connectivity index (χ1n) is 10.1. The van der Waals surface area contributed by atoms with Gasteiger partial charge in [-0.1, -0.05) is 36.4 Å². The lowest BCUT2D eigenvalue weighted by molar-refractivity contribution is 0.760. The number of aromatic nitrogens is 2. The summed E-state index contributed by atoms with van der Waals surface area (Å²) in [6.45, 7) is 4.47. The number of imidazole rings is 1. The van der Waals surface area contributed by atoms with Gasteiger partial charge < -0.3 is 14.4 Å². The third-order valence-corrected chi connectivity index (χ3v) is 6.08. The van der Waals surface area contributed by atoms with Gasteiger partial charge in [0.1, 0.15) is 12.0 Å². The normalized spacial score (nSPS) is 17.2. The molecule has 2 aliphatic rings. The van der Waals surface area contributed by atoms with E-state index in [0.29, 0.717) is 0 Å². The van der Waals surface area contributed by atoms with Gasteiger partial charge in [0, 0.05) is 24.0 Å². The Kier molecular flexibility index (Phi) is 3.39. The summed E-state index contributed by atoms with van der Waals surface area (Å²) in [5.74, 6) is 1.12. The number of benzene rings is 3. The standard InChI is InChI=1S/C25H22N4/c1-17-15-20-24(27-14-8-13-25(27)26-20)16-23(17)29-18(2)28(19-9-4-3-5-10-19)21-11-6-7-12-22(21)29/h3-12,14-16,18H,13H2,1-2H3/t18-/m0/s1. The summed E-state index contributed by atoms with van der Waals surface area (Å²) in [6.07, 6.45) is 5.39. The Labute approximate surface area is 170 Å². The van der Waals surface area contributed by atoms with Crippen molar-refractivity contribution in [2.24, 2.45) is 0 Å². The molecule has 6 rings (SSSR count). The number of hydrogen-bond acceptors (Lipinski definition) is 3. The molecule has 0 spiro atoms. The van der Waals surface area contributed by atoms with Crippen molar-refractivity contribution in [1.29, 1.82) is 0 Å². The first-order valence-corrected chi connectivity index (χ1v) is 10.1. The molecule has 0 N–H and O–H groups in total. The first-order chi connectivity index (χ1) is 14.2. The van der Waals surface area contributed by atoms with E-state index < -0.39 is 0 Å². The van der Waals surface area contributed by atoms with E-state index in [4.69, 9.17) is 4.98 Å². The number of para-hydroxylation sites is 3. The molecule has 0 unspecified atom stereocenters. The minimum absolute atomic E-state index is 0.169. The molecule has 3 heterocycles. The molecule has 142 valence electrons. The molecule has 4 heteroatoms. The summed E-state index contributed by atoms with van der Waals surface area (Å²) in [4.78, 5) is 9.69. The second kappa shape index (κ2) is 5.98. The molecule has 0 amide bonds. The third-order valence-electron chi connectivity index (χ3n) is 6.08. The smallest absolute Gasteiger partial charge is 0.117 e. The largest absolute Gasteiger partial charge is 0.319 e. The fourth-order valence-corrected chi connectivity index (χ4v) is 4.78. The molecular weight excluding hydrogens is 356 g/mol. The fraction of sp³-hybridized carbons (Fsp3) is 0.160. The van der Waals surface area contributed by atoms with E-state index in [1.165, 1.54) is 33.8 Å². The fourth-order valence-electron chi connectivity index (χ4n) is 4.78. The molecule has 0 fully saturated rings. The zero-order valence-electron chi connectivity index (χ0n) is 16.6. The van der Waals surface area contributed by atoms with Crippen LogP contribution in [0.1, 0.15) is 18.3 Å². The number of nitrogens with zero attached hydrogens (tertiary/aromatic N) is 4. The molecule has 1 aromatic heterocycles. The molecule has 1 atom stereocenters. The molecule has 0 saturated carbocycles. The Morgan fingerprint density at radius 2 is 1.59 bits per heavy atom. The van der Waals surface area contributed by atoms with Crippen molar-refractivity contribution in [3.8, 4) is 0 Å². The average Bonchev–Trinajstić information content (AvgIpc) is 3.39. The third kappa shape index (κ3) is 2.29. The Bertz CT molecular complexity index is 1270. The van der Waals surface area contributed by atoms with E-state index in [0.717, 1.165) is 17.8 Å². The van der Waals surface area contributed by atoms with Gasteiger partial charge in [-0.15, -0.1) is 0 Å². The summed E-state index contributed by atoms with van der Waals surface area (Å²) < 4.78 is 2.22. The molecule has 4 nitrogen and oxygen atoms in total. The minimum atomic E-state index is 0.169. The number of allylic oxidation sites excluding steroid dienone is 1. The van der Waals surface area contributed by atoms with Crippen LogP contribution in [0.3, 0.4) is 0 Å². The van der Waals surface area contributed by atoms with Crippen LogP contribution in [0.4, 0.5) is 22.7 Å². The van der Waals surface area contributed by atoms with Crippen molar-refractivity contribution in [3.63, 3.8) is 0 Å². The highest BCUT2D eigenvalue weighted by molar-refractivity contribution is 5.92. The van der Waals surface area contributed by atoms with Crippen LogP contribution in [-0.4, -0.2) is 15.7 Å². The molecule has 29 heavy (non-hydrogen) atoms. The average molecular weight is 378 g/mol. The lowest BCUT2D eigenvalue weighted by atomic mass is 10.1. The van der Waals surface area contributed by atoms with Crippen LogP contribution in [0, 0.1) is 6.92 Å². The molecule has 0 radical (unpaired) electrons. The van der Waals surface area contributed by atoms with E-state index in [2.05, 4.69) is 107 Å². The topological polar surface area (TPSA) is 24.3 Å². The van der Waals surface area contributed by atoms with E-state index in [9.17, 15) is 0 Å². The first kappa shape index (κ1) is 16.4. The van der Waals surface area contributed by atoms with Gasteiger partial charge in [-0.2, -0.15) is 0 Å². The molecule has 2 aliphatic heterocycles. The van der Waals surface area contributed by atoms with Crippen molar-refractivity contribution < 1.29 is 0 Å². The molecular formula is C25H22N4. The maximum Gasteiger partial charge on any atom is 0.117 e. The summed E-state index contributed by atoms with van der Waals surface area (Å²) >= 11 is 0. The number of hydrogen-bond donors (Lipinski definition) is 0. The highest BCUT2D eigenvalue weighted by Crippen LogP contribution is 2.48. The minimum Gasteiger partial charge on any atom is -0.319 e. The van der Waals surface area contributed by atoms with Crippen LogP contribution in [0.25, 0.3) is 17.2 Å². The lowest BCUT2D eigenvalue weighted by Crippen LogP contribution is -2.35. The monoisotopic (exact) mass is 378 g/mol. The Morgan fingerprint density at radius 3 is 2.38 bits per heavy atom. The van der Waals surface area contributed by atoms with E-state index in [-0.39, 0.29) is 6.17 Å². The molecule has 0 bridgehead atoms. The van der Waals surface area contributed by atoms with Crippen LogP contribution >= 0.6 is 0 Å². The summed E-state index contributed by atoms with van der Waals surface area (Å²) in [6, 6.07) is 23.9. The second-order valence-electron chi connectivity index (χ2n) is 7.81. The van der Waals surface area contributed by atoms with Crippen LogP contribution in [0.15, 0.2) is 72.8 Å². The summed E-state index contributed by atoms with van der Waals surface area (Å²) in [5.41, 5.74) is 8.42.